The van der Waals surface area contributed by atoms with Crippen molar-refractivity contribution in [1.82, 2.24) is 10.6 Å². The molecule has 0 bridgehead atoms. The van der Waals surface area contributed by atoms with Gasteiger partial charge < -0.3 is 15.1 Å². The molecule has 0 aliphatic rings. The Kier molecular flexibility index (Phi) is 3.37. The molecule has 0 saturated heterocycles. The van der Waals surface area contributed by atoms with Gasteiger partial charge in [0.25, 0.3) is 0 Å². The van der Waals surface area contributed by atoms with Crippen LogP contribution in [0.5, 0.6) is 0 Å². The number of rotatable bonds is 3. The van der Waals surface area contributed by atoms with Gasteiger partial charge in [-0.2, -0.15) is 0 Å². The van der Waals surface area contributed by atoms with Crippen LogP contribution in [0.25, 0.3) is 0 Å². The Bertz CT molecular complexity index is 255. The molecule has 0 radical (unpaired) electrons. The molecule has 0 atom stereocenters. The van der Waals surface area contributed by atoms with E-state index in [-0.39, 0.29) is 12.1 Å². The Hall–Kier alpha value is -1.45. The van der Waals surface area contributed by atoms with Crippen LogP contribution in [0, 0.1) is 0 Å². The molecule has 72 valence electrons. The smallest absolute Gasteiger partial charge is 0.315 e. The van der Waals surface area contributed by atoms with Gasteiger partial charge in [0, 0.05) is 6.04 Å². The maximum atomic E-state index is 11.1. The van der Waals surface area contributed by atoms with E-state index >= 15 is 0 Å². The fraction of sp³-hybridized carbons (Fsp3) is 0.444. The Balaban J connectivity index is 2.23. The molecule has 0 spiro atoms. The molecule has 1 heterocycles. The number of hydrogen-bond donors (Lipinski definition) is 2. The van der Waals surface area contributed by atoms with Crippen LogP contribution in [-0.2, 0) is 6.54 Å². The molecule has 0 saturated carbocycles. The molecule has 0 aliphatic heterocycles. The van der Waals surface area contributed by atoms with Crippen LogP contribution < -0.4 is 10.6 Å². The Morgan fingerprint density at radius 2 is 2.38 bits per heavy atom. The van der Waals surface area contributed by atoms with Crippen LogP contribution in [0.15, 0.2) is 22.8 Å². The standard InChI is InChI=1S/C9H14N2O2/c1-7(2)11-9(12)10-6-8-4-3-5-13-8/h3-5,7H,6H2,1-2H3,(H2,10,11,12). The summed E-state index contributed by atoms with van der Waals surface area (Å²) in [5.41, 5.74) is 0. The van der Waals surface area contributed by atoms with Crippen molar-refractivity contribution in [3.05, 3.63) is 24.2 Å². The fourth-order valence-corrected chi connectivity index (χ4v) is 0.894. The zero-order valence-corrected chi connectivity index (χ0v) is 7.83. The molecule has 2 amide bonds. The molecule has 1 aromatic rings. The zero-order valence-electron chi connectivity index (χ0n) is 7.83. The third kappa shape index (κ3) is 3.64. The minimum atomic E-state index is -0.175. The van der Waals surface area contributed by atoms with E-state index in [0.717, 1.165) is 5.76 Å². The highest BCUT2D eigenvalue weighted by molar-refractivity contribution is 5.73. The first-order valence-corrected chi connectivity index (χ1v) is 4.25. The van der Waals surface area contributed by atoms with Gasteiger partial charge in [-0.05, 0) is 26.0 Å². The molecule has 4 nitrogen and oxygen atoms in total. The maximum Gasteiger partial charge on any atom is 0.315 e. The second-order valence-electron chi connectivity index (χ2n) is 3.06. The number of furan rings is 1. The number of urea groups is 1. The summed E-state index contributed by atoms with van der Waals surface area (Å²) < 4.78 is 5.05. The van der Waals surface area contributed by atoms with Gasteiger partial charge in [0.15, 0.2) is 0 Å². The van der Waals surface area contributed by atoms with E-state index in [1.165, 1.54) is 0 Å². The first kappa shape index (κ1) is 9.64. The quantitative estimate of drug-likeness (QED) is 0.744. The highest BCUT2D eigenvalue weighted by Crippen LogP contribution is 1.97. The lowest BCUT2D eigenvalue weighted by atomic mass is 10.4. The second-order valence-corrected chi connectivity index (χ2v) is 3.06. The Labute approximate surface area is 77.3 Å². The monoisotopic (exact) mass is 182 g/mol. The Morgan fingerprint density at radius 1 is 1.62 bits per heavy atom. The van der Waals surface area contributed by atoms with Crippen molar-refractivity contribution in [2.45, 2.75) is 26.4 Å². The summed E-state index contributed by atoms with van der Waals surface area (Å²) in [5, 5.41) is 5.39. The molecule has 1 rings (SSSR count). The Morgan fingerprint density at radius 3 is 2.92 bits per heavy atom. The molecule has 0 aromatic carbocycles. The summed E-state index contributed by atoms with van der Waals surface area (Å²) in [4.78, 5) is 11.1. The molecular weight excluding hydrogens is 168 g/mol. The van der Waals surface area contributed by atoms with Gasteiger partial charge in [0.2, 0.25) is 0 Å². The highest BCUT2D eigenvalue weighted by atomic mass is 16.3. The number of carbonyl (C=O) groups is 1. The lowest BCUT2D eigenvalue weighted by molar-refractivity contribution is 0.237. The van der Waals surface area contributed by atoms with E-state index in [4.69, 9.17) is 4.42 Å². The van der Waals surface area contributed by atoms with Crippen LogP contribution in [0.2, 0.25) is 0 Å². The van der Waals surface area contributed by atoms with Crippen molar-refractivity contribution >= 4 is 6.03 Å². The van der Waals surface area contributed by atoms with E-state index in [2.05, 4.69) is 10.6 Å². The molecule has 4 heteroatoms. The predicted octanol–water partition coefficient (Wildman–Crippen LogP) is 1.49. The van der Waals surface area contributed by atoms with E-state index in [0.29, 0.717) is 6.54 Å². The van der Waals surface area contributed by atoms with Crippen molar-refractivity contribution in [2.24, 2.45) is 0 Å². The first-order valence-electron chi connectivity index (χ1n) is 4.25. The maximum absolute atomic E-state index is 11.1. The van der Waals surface area contributed by atoms with Crippen LogP contribution in [0.4, 0.5) is 4.79 Å². The normalized spacial score (nSPS) is 10.1. The summed E-state index contributed by atoms with van der Waals surface area (Å²) in [6.07, 6.45) is 1.58. The van der Waals surface area contributed by atoms with Gasteiger partial charge >= 0.3 is 6.03 Å². The molecule has 0 aliphatic carbocycles. The van der Waals surface area contributed by atoms with Crippen molar-refractivity contribution in [2.75, 3.05) is 0 Å². The van der Waals surface area contributed by atoms with Crippen LogP contribution in [0.3, 0.4) is 0 Å². The second kappa shape index (κ2) is 4.54. The molecule has 2 N–H and O–H groups in total. The lowest BCUT2D eigenvalue weighted by Crippen LogP contribution is -2.38. The van der Waals surface area contributed by atoms with Crippen LogP contribution in [0.1, 0.15) is 19.6 Å². The zero-order chi connectivity index (χ0) is 9.68. The van der Waals surface area contributed by atoms with E-state index in [1.54, 1.807) is 12.3 Å². The van der Waals surface area contributed by atoms with Crippen LogP contribution >= 0.6 is 0 Å². The van der Waals surface area contributed by atoms with E-state index in [1.807, 2.05) is 19.9 Å². The minimum Gasteiger partial charge on any atom is -0.467 e. The van der Waals surface area contributed by atoms with Crippen molar-refractivity contribution in [3.8, 4) is 0 Å². The number of nitrogens with one attached hydrogen (secondary N) is 2. The molecule has 13 heavy (non-hydrogen) atoms. The van der Waals surface area contributed by atoms with Crippen LogP contribution in [-0.4, -0.2) is 12.1 Å². The van der Waals surface area contributed by atoms with E-state index in [9.17, 15) is 4.79 Å². The molecule has 1 aromatic heterocycles. The van der Waals surface area contributed by atoms with Gasteiger partial charge in [0.05, 0.1) is 12.8 Å². The lowest BCUT2D eigenvalue weighted by Gasteiger charge is -2.08. The molecule has 0 unspecified atom stereocenters. The third-order valence-corrected chi connectivity index (χ3v) is 1.42. The predicted molar refractivity (Wildman–Crippen MR) is 49.2 cm³/mol. The van der Waals surface area contributed by atoms with Crippen molar-refractivity contribution in [1.29, 1.82) is 0 Å². The highest BCUT2D eigenvalue weighted by Gasteiger charge is 2.02. The number of amides is 2. The first-order chi connectivity index (χ1) is 6.18. The SMILES string of the molecule is CC(C)NC(=O)NCc1ccco1. The summed E-state index contributed by atoms with van der Waals surface area (Å²) >= 11 is 0. The molecule has 0 fully saturated rings. The van der Waals surface area contributed by atoms with Gasteiger partial charge in [0.1, 0.15) is 5.76 Å². The number of carbonyl (C=O) groups excluding carboxylic acids is 1. The largest absolute Gasteiger partial charge is 0.467 e. The van der Waals surface area contributed by atoms with Gasteiger partial charge in [-0.25, -0.2) is 4.79 Å². The van der Waals surface area contributed by atoms with E-state index < -0.39 is 0 Å². The molecular formula is C9H14N2O2. The van der Waals surface area contributed by atoms with Crippen molar-refractivity contribution < 1.29 is 9.21 Å². The van der Waals surface area contributed by atoms with Crippen molar-refractivity contribution in [3.63, 3.8) is 0 Å². The minimum absolute atomic E-state index is 0.150. The summed E-state index contributed by atoms with van der Waals surface area (Å²) in [6, 6.07) is 3.58. The summed E-state index contributed by atoms with van der Waals surface area (Å²) in [6.45, 7) is 4.24. The van der Waals surface area contributed by atoms with Gasteiger partial charge in [-0.3, -0.25) is 0 Å². The van der Waals surface area contributed by atoms with Gasteiger partial charge in [-0.15, -0.1) is 0 Å². The fourth-order valence-electron chi connectivity index (χ4n) is 0.894. The average molecular weight is 182 g/mol. The topological polar surface area (TPSA) is 54.3 Å². The van der Waals surface area contributed by atoms with Gasteiger partial charge in [-0.1, -0.05) is 0 Å². The summed E-state index contributed by atoms with van der Waals surface area (Å²) in [7, 11) is 0. The third-order valence-electron chi connectivity index (χ3n) is 1.42. The summed E-state index contributed by atoms with van der Waals surface area (Å²) in [5.74, 6) is 0.749. The number of hydrogen-bond acceptors (Lipinski definition) is 2. The average Bonchev–Trinajstić information content (AvgIpc) is 2.51.